The summed E-state index contributed by atoms with van der Waals surface area (Å²) in [6.45, 7) is 0. The van der Waals surface area contributed by atoms with Crippen molar-refractivity contribution in [2.45, 2.75) is 0 Å². The minimum atomic E-state index is -0.611. The maximum Gasteiger partial charge on any atom is 0.311 e. The summed E-state index contributed by atoms with van der Waals surface area (Å²) < 4.78 is 3.90. The summed E-state index contributed by atoms with van der Waals surface area (Å²) in [6, 6.07) is 6.03. The predicted octanol–water partition coefficient (Wildman–Crippen LogP) is 2.42. The summed E-state index contributed by atoms with van der Waals surface area (Å²) in [5.41, 5.74) is 0.392. The molecule has 0 saturated carbocycles. The fourth-order valence-corrected chi connectivity index (χ4v) is 1.78. The Kier molecular flexibility index (Phi) is 2.34. The summed E-state index contributed by atoms with van der Waals surface area (Å²) in [5.74, 6) is -0.326. The van der Waals surface area contributed by atoms with Crippen LogP contribution < -0.4 is 0 Å². The number of nitrogens with zero attached hydrogens (tertiary/aromatic N) is 2. The highest BCUT2D eigenvalue weighted by Crippen LogP contribution is 2.32. The van der Waals surface area contributed by atoms with Gasteiger partial charge in [-0.15, -0.1) is 0 Å². The topological polar surface area (TPSA) is 76.3 Å². The molecular formula is C9H6N2O3S. The molecule has 0 bridgehead atoms. The number of benzene rings is 1. The van der Waals surface area contributed by atoms with E-state index in [1.54, 1.807) is 18.3 Å². The van der Waals surface area contributed by atoms with Gasteiger partial charge in [0.05, 0.1) is 9.80 Å². The molecular weight excluding hydrogens is 216 g/mol. The molecule has 1 aromatic carbocycles. The monoisotopic (exact) mass is 222 g/mol. The zero-order valence-electron chi connectivity index (χ0n) is 7.45. The summed E-state index contributed by atoms with van der Waals surface area (Å²) in [6.07, 6.45) is 1.62. The van der Waals surface area contributed by atoms with Gasteiger partial charge in [0.2, 0.25) is 0 Å². The average Bonchev–Trinajstić information content (AvgIpc) is 2.71. The van der Waals surface area contributed by atoms with E-state index in [1.807, 2.05) is 0 Å². The molecule has 0 aliphatic heterocycles. The number of hydrogen-bond donors (Lipinski definition) is 1. The van der Waals surface area contributed by atoms with Crippen LogP contribution in [-0.4, -0.2) is 14.4 Å². The van der Waals surface area contributed by atoms with Crippen LogP contribution in [0.2, 0.25) is 0 Å². The highest BCUT2D eigenvalue weighted by atomic mass is 32.1. The van der Waals surface area contributed by atoms with Gasteiger partial charge in [0.15, 0.2) is 5.75 Å². The molecule has 15 heavy (non-hydrogen) atoms. The van der Waals surface area contributed by atoms with Gasteiger partial charge in [-0.3, -0.25) is 10.1 Å². The fraction of sp³-hybridized carbons (Fsp3) is 0. The quantitative estimate of drug-likeness (QED) is 0.625. The minimum absolute atomic E-state index is 0.291. The van der Waals surface area contributed by atoms with Crippen molar-refractivity contribution < 1.29 is 10.0 Å². The maximum atomic E-state index is 10.6. The lowest BCUT2D eigenvalue weighted by Crippen LogP contribution is -1.88. The van der Waals surface area contributed by atoms with Gasteiger partial charge < -0.3 is 5.11 Å². The van der Waals surface area contributed by atoms with E-state index in [0.717, 1.165) is 4.88 Å². The highest BCUT2D eigenvalue weighted by Gasteiger charge is 2.14. The summed E-state index contributed by atoms with van der Waals surface area (Å²) in [5, 5.41) is 19.8. The Bertz CT molecular complexity index is 496. The van der Waals surface area contributed by atoms with Crippen LogP contribution in [-0.2, 0) is 0 Å². The average molecular weight is 222 g/mol. The first kappa shape index (κ1) is 9.60. The van der Waals surface area contributed by atoms with Crippen molar-refractivity contribution in [1.29, 1.82) is 0 Å². The molecule has 2 rings (SSSR count). The number of phenols is 1. The second kappa shape index (κ2) is 3.66. The standard InChI is InChI=1S/C9H6N2O3S/c12-8-2-1-6(5-7(8)11(13)14)9-3-4-10-15-9/h1-5,12H. The van der Waals surface area contributed by atoms with Crippen molar-refractivity contribution >= 4 is 17.2 Å². The normalized spacial score (nSPS) is 10.1. The Balaban J connectivity index is 2.52. The van der Waals surface area contributed by atoms with Gasteiger partial charge in [-0.1, -0.05) is 0 Å². The summed E-state index contributed by atoms with van der Waals surface area (Å²) >= 11 is 1.25. The van der Waals surface area contributed by atoms with Gasteiger partial charge in [-0.2, -0.15) is 0 Å². The van der Waals surface area contributed by atoms with E-state index < -0.39 is 4.92 Å². The maximum absolute atomic E-state index is 10.6. The molecule has 2 aromatic rings. The Morgan fingerprint density at radius 1 is 1.40 bits per heavy atom. The second-order valence-corrected chi connectivity index (χ2v) is 3.67. The molecule has 6 heteroatoms. The van der Waals surface area contributed by atoms with Crippen LogP contribution in [0.25, 0.3) is 10.4 Å². The van der Waals surface area contributed by atoms with Crippen LogP contribution in [0, 0.1) is 10.1 Å². The molecule has 76 valence electrons. The fourth-order valence-electron chi connectivity index (χ4n) is 1.19. The van der Waals surface area contributed by atoms with Gasteiger partial charge >= 0.3 is 5.69 Å². The molecule has 1 heterocycles. The molecule has 0 amide bonds. The Morgan fingerprint density at radius 2 is 2.20 bits per heavy atom. The molecule has 0 spiro atoms. The van der Waals surface area contributed by atoms with E-state index in [-0.39, 0.29) is 11.4 Å². The first-order valence-electron chi connectivity index (χ1n) is 4.07. The lowest BCUT2D eigenvalue weighted by molar-refractivity contribution is -0.385. The van der Waals surface area contributed by atoms with Crippen molar-refractivity contribution in [2.24, 2.45) is 0 Å². The molecule has 0 unspecified atom stereocenters. The number of phenolic OH excluding ortho intramolecular Hbond substituents is 1. The van der Waals surface area contributed by atoms with Crippen molar-refractivity contribution in [3.63, 3.8) is 0 Å². The Morgan fingerprint density at radius 3 is 2.80 bits per heavy atom. The van der Waals surface area contributed by atoms with Crippen LogP contribution >= 0.6 is 11.5 Å². The molecule has 5 nitrogen and oxygen atoms in total. The number of hydrogen-bond acceptors (Lipinski definition) is 5. The van der Waals surface area contributed by atoms with Gasteiger partial charge in [-0.25, -0.2) is 4.37 Å². The van der Waals surface area contributed by atoms with Gasteiger partial charge in [-0.05, 0) is 29.7 Å². The third-order valence-electron chi connectivity index (χ3n) is 1.89. The number of aromatic hydroxyl groups is 1. The smallest absolute Gasteiger partial charge is 0.311 e. The number of nitro groups is 1. The highest BCUT2D eigenvalue weighted by molar-refractivity contribution is 7.09. The van der Waals surface area contributed by atoms with Crippen LogP contribution in [0.3, 0.4) is 0 Å². The molecule has 1 aromatic heterocycles. The molecule has 0 fully saturated rings. The Labute approximate surface area is 88.9 Å². The minimum Gasteiger partial charge on any atom is -0.502 e. The molecule has 0 aliphatic rings. The summed E-state index contributed by atoms with van der Waals surface area (Å²) in [4.78, 5) is 10.8. The van der Waals surface area contributed by atoms with Gasteiger partial charge in [0, 0.05) is 17.8 Å². The second-order valence-electron chi connectivity index (χ2n) is 2.84. The third-order valence-corrected chi connectivity index (χ3v) is 2.69. The van der Waals surface area contributed by atoms with Crippen LogP contribution in [0.15, 0.2) is 30.5 Å². The Hall–Kier alpha value is -1.95. The van der Waals surface area contributed by atoms with E-state index >= 15 is 0 Å². The van der Waals surface area contributed by atoms with Crippen LogP contribution in [0.4, 0.5) is 5.69 Å². The van der Waals surface area contributed by atoms with Crippen molar-refractivity contribution in [2.75, 3.05) is 0 Å². The molecule has 1 N–H and O–H groups in total. The molecule has 0 saturated heterocycles. The van der Waals surface area contributed by atoms with Crippen molar-refractivity contribution in [3.8, 4) is 16.2 Å². The van der Waals surface area contributed by atoms with Gasteiger partial charge in [0.1, 0.15) is 0 Å². The SMILES string of the molecule is O=[N+]([O-])c1cc(-c2ccns2)ccc1O. The zero-order chi connectivity index (χ0) is 10.8. The first-order chi connectivity index (χ1) is 7.18. The van der Waals surface area contributed by atoms with Crippen LogP contribution in [0.5, 0.6) is 5.75 Å². The summed E-state index contributed by atoms with van der Waals surface area (Å²) in [7, 11) is 0. The van der Waals surface area contributed by atoms with E-state index in [1.165, 1.54) is 23.7 Å². The predicted molar refractivity (Wildman–Crippen MR) is 55.9 cm³/mol. The van der Waals surface area contributed by atoms with E-state index in [2.05, 4.69) is 4.37 Å². The third kappa shape index (κ3) is 1.79. The van der Waals surface area contributed by atoms with E-state index in [9.17, 15) is 15.2 Å². The molecule has 0 radical (unpaired) electrons. The number of aromatic nitrogens is 1. The molecule has 0 atom stereocenters. The lowest BCUT2D eigenvalue weighted by atomic mass is 10.1. The van der Waals surface area contributed by atoms with Crippen LogP contribution in [0.1, 0.15) is 0 Å². The van der Waals surface area contributed by atoms with Gasteiger partial charge in [0.25, 0.3) is 0 Å². The van der Waals surface area contributed by atoms with E-state index in [4.69, 9.17) is 0 Å². The number of nitro benzene ring substituents is 1. The van der Waals surface area contributed by atoms with E-state index in [0.29, 0.717) is 5.56 Å². The molecule has 0 aliphatic carbocycles. The lowest BCUT2D eigenvalue weighted by Gasteiger charge is -1.98. The zero-order valence-corrected chi connectivity index (χ0v) is 8.27. The van der Waals surface area contributed by atoms with Crippen molar-refractivity contribution in [3.05, 3.63) is 40.6 Å². The van der Waals surface area contributed by atoms with Crippen molar-refractivity contribution in [1.82, 2.24) is 4.37 Å². The largest absolute Gasteiger partial charge is 0.502 e. The number of rotatable bonds is 2. The first-order valence-corrected chi connectivity index (χ1v) is 4.84.